The maximum atomic E-state index is 11.8. The van der Waals surface area contributed by atoms with Crippen molar-refractivity contribution in [3.05, 3.63) is 61.5 Å². The number of hydrogen-bond donors (Lipinski definition) is 2. The molecule has 2 N–H and O–H groups in total. The van der Waals surface area contributed by atoms with Crippen LogP contribution in [-0.2, 0) is 4.79 Å². The fourth-order valence-electron chi connectivity index (χ4n) is 1.70. The van der Waals surface area contributed by atoms with Gasteiger partial charge in [-0.05, 0) is 42.3 Å². The van der Waals surface area contributed by atoms with E-state index >= 15 is 0 Å². The Labute approximate surface area is 156 Å². The molecule has 120 valence electrons. The first-order valence-corrected chi connectivity index (χ1v) is 8.69. The molecule has 0 saturated carbocycles. The first-order valence-electron chi connectivity index (χ1n) is 6.72. The summed E-state index contributed by atoms with van der Waals surface area (Å²) in [6, 6.07) is 11.0. The molecule has 2 aromatic carbocycles. The zero-order valence-electron chi connectivity index (χ0n) is 12.2. The predicted molar refractivity (Wildman–Crippen MR) is 102 cm³/mol. The quantitative estimate of drug-likeness (QED) is 0.502. The number of anilines is 1. The molecule has 0 atom stereocenters. The Hall–Kier alpha value is -1.37. The lowest BCUT2D eigenvalue weighted by atomic mass is 10.2. The van der Waals surface area contributed by atoms with Crippen LogP contribution >= 0.6 is 43.5 Å². The molecule has 23 heavy (non-hydrogen) atoms. The Morgan fingerprint density at radius 1 is 1.22 bits per heavy atom. The summed E-state index contributed by atoms with van der Waals surface area (Å²) in [6.07, 6.45) is 1.56. The van der Waals surface area contributed by atoms with E-state index in [4.69, 9.17) is 11.6 Å². The van der Waals surface area contributed by atoms with Gasteiger partial charge in [-0.25, -0.2) is 5.43 Å². The molecule has 0 spiro atoms. The van der Waals surface area contributed by atoms with E-state index in [1.807, 2.05) is 31.2 Å². The lowest BCUT2D eigenvalue weighted by Crippen LogP contribution is -2.25. The van der Waals surface area contributed by atoms with Crippen LogP contribution in [0.25, 0.3) is 0 Å². The van der Waals surface area contributed by atoms with Crippen LogP contribution < -0.4 is 10.7 Å². The molecule has 7 heteroatoms. The van der Waals surface area contributed by atoms with Crippen LogP contribution in [0.5, 0.6) is 0 Å². The highest BCUT2D eigenvalue weighted by Gasteiger charge is 2.05. The number of nitrogens with one attached hydrogen (secondary N) is 2. The van der Waals surface area contributed by atoms with Crippen molar-refractivity contribution in [2.45, 2.75) is 6.92 Å². The molecule has 2 rings (SSSR count). The minimum atomic E-state index is -0.233. The van der Waals surface area contributed by atoms with E-state index < -0.39 is 0 Å². The summed E-state index contributed by atoms with van der Waals surface area (Å²) in [5.74, 6) is -0.233. The van der Waals surface area contributed by atoms with E-state index in [-0.39, 0.29) is 12.5 Å². The van der Waals surface area contributed by atoms with E-state index in [9.17, 15) is 4.79 Å². The Bertz CT molecular complexity index is 710. The predicted octanol–water partition coefficient (Wildman–Crippen LogP) is 4.74. The zero-order valence-corrected chi connectivity index (χ0v) is 16.2. The van der Waals surface area contributed by atoms with Gasteiger partial charge in [-0.3, -0.25) is 4.79 Å². The van der Waals surface area contributed by atoms with Gasteiger partial charge in [0.15, 0.2) is 0 Å². The van der Waals surface area contributed by atoms with Crippen molar-refractivity contribution in [2.75, 3.05) is 11.9 Å². The number of benzene rings is 2. The molecule has 0 aliphatic heterocycles. The molecule has 0 heterocycles. The van der Waals surface area contributed by atoms with Gasteiger partial charge in [0.05, 0.1) is 12.8 Å². The first-order chi connectivity index (χ1) is 11.0. The number of hydrogen-bond acceptors (Lipinski definition) is 3. The van der Waals surface area contributed by atoms with E-state index in [1.165, 1.54) is 0 Å². The summed E-state index contributed by atoms with van der Waals surface area (Å²) >= 11 is 12.7. The molecule has 0 radical (unpaired) electrons. The van der Waals surface area contributed by atoms with Crippen LogP contribution in [0.4, 0.5) is 5.69 Å². The third-order valence-corrected chi connectivity index (χ3v) is 4.91. The monoisotopic (exact) mass is 457 g/mol. The van der Waals surface area contributed by atoms with Crippen LogP contribution in [0.3, 0.4) is 0 Å². The molecular formula is C16H14Br2ClN3O. The average Bonchev–Trinajstić information content (AvgIpc) is 2.52. The van der Waals surface area contributed by atoms with Crippen molar-refractivity contribution in [3.8, 4) is 0 Å². The second-order valence-electron chi connectivity index (χ2n) is 4.76. The second kappa shape index (κ2) is 8.47. The molecule has 0 fully saturated rings. The number of hydrazone groups is 1. The summed E-state index contributed by atoms with van der Waals surface area (Å²) in [5, 5.41) is 7.61. The van der Waals surface area contributed by atoms with Gasteiger partial charge in [0, 0.05) is 19.7 Å². The Morgan fingerprint density at radius 3 is 2.43 bits per heavy atom. The van der Waals surface area contributed by atoms with Gasteiger partial charge in [-0.2, -0.15) is 5.10 Å². The molecule has 0 aliphatic carbocycles. The number of halogens is 3. The fourth-order valence-corrected chi connectivity index (χ4v) is 3.01. The highest BCUT2D eigenvalue weighted by atomic mass is 79.9. The second-order valence-corrected chi connectivity index (χ2v) is 6.91. The smallest absolute Gasteiger partial charge is 0.259 e. The Balaban J connectivity index is 1.84. The Kier molecular flexibility index (Phi) is 6.62. The van der Waals surface area contributed by atoms with Crippen molar-refractivity contribution in [1.29, 1.82) is 0 Å². The third kappa shape index (κ3) is 5.64. The molecule has 2 aromatic rings. The normalized spacial score (nSPS) is 10.8. The van der Waals surface area contributed by atoms with Crippen molar-refractivity contribution < 1.29 is 4.79 Å². The highest BCUT2D eigenvalue weighted by molar-refractivity contribution is 9.11. The third-order valence-electron chi connectivity index (χ3n) is 3.01. The van der Waals surface area contributed by atoms with E-state index in [0.717, 1.165) is 25.8 Å². The van der Waals surface area contributed by atoms with E-state index in [0.29, 0.717) is 5.02 Å². The molecule has 1 amide bonds. The van der Waals surface area contributed by atoms with Crippen molar-refractivity contribution in [3.63, 3.8) is 0 Å². The first kappa shape index (κ1) is 18.0. The minimum Gasteiger partial charge on any atom is -0.376 e. The lowest BCUT2D eigenvalue weighted by molar-refractivity contribution is -0.119. The van der Waals surface area contributed by atoms with Gasteiger partial charge in [0.2, 0.25) is 0 Å². The lowest BCUT2D eigenvalue weighted by Gasteiger charge is -2.09. The number of amides is 1. The fraction of sp³-hybridized carbons (Fsp3) is 0.125. The highest BCUT2D eigenvalue weighted by Crippen LogP contribution is 2.28. The number of rotatable bonds is 5. The van der Waals surface area contributed by atoms with Crippen LogP contribution in [0.15, 0.2) is 50.4 Å². The molecule has 0 unspecified atom stereocenters. The van der Waals surface area contributed by atoms with Crippen molar-refractivity contribution >= 4 is 61.3 Å². The van der Waals surface area contributed by atoms with Crippen LogP contribution in [0, 0.1) is 6.92 Å². The summed E-state index contributed by atoms with van der Waals surface area (Å²) < 4.78 is 1.94. The van der Waals surface area contributed by atoms with Crippen LogP contribution in [0.2, 0.25) is 5.02 Å². The maximum absolute atomic E-state index is 11.8. The summed E-state index contributed by atoms with van der Waals surface area (Å²) in [5.41, 5.74) is 5.27. The number of carbonyl (C=O) groups is 1. The van der Waals surface area contributed by atoms with Gasteiger partial charge in [0.25, 0.3) is 5.91 Å². The average molecular weight is 460 g/mol. The van der Waals surface area contributed by atoms with E-state index in [2.05, 4.69) is 47.7 Å². The van der Waals surface area contributed by atoms with Crippen molar-refractivity contribution in [1.82, 2.24) is 5.43 Å². The van der Waals surface area contributed by atoms with Gasteiger partial charge in [-0.1, -0.05) is 55.6 Å². The van der Waals surface area contributed by atoms with Gasteiger partial charge >= 0.3 is 0 Å². The SMILES string of the molecule is Cc1c(Br)cc(NCC(=O)N/N=C\c2ccc(Cl)cc2)cc1Br. The van der Waals surface area contributed by atoms with Crippen LogP contribution in [0.1, 0.15) is 11.1 Å². The Morgan fingerprint density at radius 2 is 1.83 bits per heavy atom. The molecular weight excluding hydrogens is 445 g/mol. The van der Waals surface area contributed by atoms with Crippen LogP contribution in [-0.4, -0.2) is 18.7 Å². The largest absolute Gasteiger partial charge is 0.376 e. The standard InChI is InChI=1S/C16H14Br2ClN3O/c1-10-14(17)6-13(7-15(10)18)20-9-16(23)22-21-8-11-2-4-12(19)5-3-11/h2-8,20H,9H2,1H3,(H,22,23)/b21-8-. The number of carbonyl (C=O) groups excluding carboxylic acids is 1. The summed E-state index contributed by atoms with van der Waals surface area (Å²) in [6.45, 7) is 2.12. The maximum Gasteiger partial charge on any atom is 0.259 e. The summed E-state index contributed by atoms with van der Waals surface area (Å²) in [7, 11) is 0. The molecule has 4 nitrogen and oxygen atoms in total. The molecule has 0 bridgehead atoms. The summed E-state index contributed by atoms with van der Waals surface area (Å²) in [4.78, 5) is 11.8. The minimum absolute atomic E-state index is 0.125. The van der Waals surface area contributed by atoms with Gasteiger partial charge in [0.1, 0.15) is 0 Å². The molecule has 0 aromatic heterocycles. The zero-order chi connectivity index (χ0) is 16.8. The topological polar surface area (TPSA) is 53.5 Å². The molecule has 0 saturated heterocycles. The number of nitrogens with zero attached hydrogens (tertiary/aromatic N) is 1. The van der Waals surface area contributed by atoms with Crippen molar-refractivity contribution in [2.24, 2.45) is 5.10 Å². The van der Waals surface area contributed by atoms with E-state index in [1.54, 1.807) is 18.3 Å². The molecule has 0 aliphatic rings. The van der Waals surface area contributed by atoms with Gasteiger partial charge < -0.3 is 5.32 Å². The van der Waals surface area contributed by atoms with Gasteiger partial charge in [-0.15, -0.1) is 0 Å².